The second-order valence-electron chi connectivity index (χ2n) is 18.7. The lowest BCUT2D eigenvalue weighted by Crippen LogP contribution is -2.46. The highest BCUT2D eigenvalue weighted by atomic mass is 16.5. The maximum Gasteiger partial charge on any atom is 0.306 e. The van der Waals surface area contributed by atoms with Crippen LogP contribution in [-0.2, 0) is 14.3 Å². The van der Waals surface area contributed by atoms with Gasteiger partial charge in [-0.25, -0.2) is 0 Å². The SMILES string of the molecule is CCCCC/C=C\C/C=C\CCCCCCCCCC(CC(=O)NC(CO)C(O)CCCCCCCCCCCCCC)OC(=O)CCCCCCCC/C=C/C=C/CCCCC. The van der Waals surface area contributed by atoms with E-state index >= 15 is 0 Å². The van der Waals surface area contributed by atoms with Gasteiger partial charge in [0.15, 0.2) is 0 Å². The zero-order valence-corrected chi connectivity index (χ0v) is 42.0. The first-order chi connectivity index (χ1) is 31.0. The van der Waals surface area contributed by atoms with E-state index in [1.165, 1.54) is 154 Å². The fraction of sp³-hybridized carbons (Fsp3) is 0.825. The average molecular weight is 884 g/mol. The zero-order chi connectivity index (χ0) is 45.9. The van der Waals surface area contributed by atoms with Gasteiger partial charge in [0.1, 0.15) is 6.10 Å². The summed E-state index contributed by atoms with van der Waals surface area (Å²) in [6.45, 7) is 6.44. The summed E-state index contributed by atoms with van der Waals surface area (Å²) in [5.74, 6) is -0.487. The molecular weight excluding hydrogens is 779 g/mol. The Morgan fingerprint density at radius 3 is 1.33 bits per heavy atom. The number of hydrogen-bond donors (Lipinski definition) is 3. The largest absolute Gasteiger partial charge is 0.462 e. The maximum absolute atomic E-state index is 13.2. The van der Waals surface area contributed by atoms with Crippen LogP contribution in [0.1, 0.15) is 278 Å². The number of amides is 1. The van der Waals surface area contributed by atoms with Gasteiger partial charge in [-0.1, -0.05) is 230 Å². The molecule has 0 aromatic rings. The number of unbranched alkanes of at least 4 members (excludes halogenated alkanes) is 30. The number of aliphatic hydroxyl groups is 2. The van der Waals surface area contributed by atoms with Gasteiger partial charge in [0.2, 0.25) is 5.91 Å². The Balaban J connectivity index is 4.61. The number of carbonyl (C=O) groups excluding carboxylic acids is 2. The molecule has 0 heterocycles. The molecule has 3 unspecified atom stereocenters. The summed E-state index contributed by atoms with van der Waals surface area (Å²) in [5.41, 5.74) is 0. The van der Waals surface area contributed by atoms with E-state index in [0.29, 0.717) is 19.3 Å². The number of allylic oxidation sites excluding steroid dienone is 8. The molecule has 0 fully saturated rings. The third kappa shape index (κ3) is 46.2. The molecule has 0 spiro atoms. The Kier molecular flexibility index (Phi) is 49.1. The first-order valence-electron chi connectivity index (χ1n) is 27.4. The number of ether oxygens (including phenoxy) is 1. The maximum atomic E-state index is 13.2. The molecule has 0 radical (unpaired) electrons. The van der Waals surface area contributed by atoms with Crippen molar-refractivity contribution in [2.75, 3.05) is 6.61 Å². The van der Waals surface area contributed by atoms with E-state index in [0.717, 1.165) is 77.0 Å². The van der Waals surface area contributed by atoms with Crippen LogP contribution in [0.5, 0.6) is 0 Å². The van der Waals surface area contributed by atoms with Gasteiger partial charge in [0.25, 0.3) is 0 Å². The van der Waals surface area contributed by atoms with Crippen molar-refractivity contribution in [3.05, 3.63) is 48.6 Å². The predicted molar refractivity (Wildman–Crippen MR) is 273 cm³/mol. The molecule has 0 aliphatic rings. The molecule has 0 rings (SSSR count). The molecule has 0 aliphatic heterocycles. The lowest BCUT2D eigenvalue weighted by atomic mass is 10.0. The monoisotopic (exact) mass is 884 g/mol. The van der Waals surface area contributed by atoms with Crippen molar-refractivity contribution in [3.8, 4) is 0 Å². The number of rotatable bonds is 49. The number of carbonyl (C=O) groups is 2. The van der Waals surface area contributed by atoms with E-state index in [1.807, 2.05) is 0 Å². The van der Waals surface area contributed by atoms with Gasteiger partial charge in [0.05, 0.1) is 25.2 Å². The van der Waals surface area contributed by atoms with Gasteiger partial charge in [-0.3, -0.25) is 9.59 Å². The summed E-state index contributed by atoms with van der Waals surface area (Å²) < 4.78 is 5.95. The van der Waals surface area contributed by atoms with Crippen LogP contribution in [0, 0.1) is 0 Å². The van der Waals surface area contributed by atoms with Crippen LogP contribution in [0.25, 0.3) is 0 Å². The Morgan fingerprint density at radius 1 is 0.476 bits per heavy atom. The summed E-state index contributed by atoms with van der Waals surface area (Å²) in [4.78, 5) is 26.2. The van der Waals surface area contributed by atoms with E-state index in [4.69, 9.17) is 4.74 Å². The summed E-state index contributed by atoms with van der Waals surface area (Å²) in [6, 6.07) is -0.706. The fourth-order valence-corrected chi connectivity index (χ4v) is 8.22. The van der Waals surface area contributed by atoms with Crippen molar-refractivity contribution in [2.24, 2.45) is 0 Å². The molecule has 0 saturated heterocycles. The Labute approximate surface area is 391 Å². The predicted octanol–water partition coefficient (Wildman–Crippen LogP) is 16.6. The van der Waals surface area contributed by atoms with Gasteiger partial charge in [0, 0.05) is 6.42 Å². The van der Waals surface area contributed by atoms with Crippen LogP contribution in [0.4, 0.5) is 0 Å². The normalized spacial score (nSPS) is 13.5. The van der Waals surface area contributed by atoms with Crippen LogP contribution < -0.4 is 5.32 Å². The number of aliphatic hydroxyl groups excluding tert-OH is 2. The van der Waals surface area contributed by atoms with Gasteiger partial charge in [-0.05, 0) is 83.5 Å². The Hall–Kier alpha value is -2.18. The van der Waals surface area contributed by atoms with Crippen molar-refractivity contribution in [1.82, 2.24) is 5.32 Å². The topological polar surface area (TPSA) is 95.9 Å². The third-order valence-electron chi connectivity index (χ3n) is 12.4. The van der Waals surface area contributed by atoms with Gasteiger partial charge in [-0.15, -0.1) is 0 Å². The number of hydrogen-bond acceptors (Lipinski definition) is 5. The quantitative estimate of drug-likeness (QED) is 0.0245. The van der Waals surface area contributed by atoms with Crippen molar-refractivity contribution in [2.45, 2.75) is 296 Å². The van der Waals surface area contributed by atoms with E-state index in [-0.39, 0.29) is 24.9 Å². The minimum absolute atomic E-state index is 0.0683. The lowest BCUT2D eigenvalue weighted by molar-refractivity contribution is -0.151. The van der Waals surface area contributed by atoms with Crippen molar-refractivity contribution in [1.29, 1.82) is 0 Å². The lowest BCUT2D eigenvalue weighted by Gasteiger charge is -2.24. The molecule has 368 valence electrons. The second-order valence-corrected chi connectivity index (χ2v) is 18.7. The van der Waals surface area contributed by atoms with Crippen molar-refractivity contribution >= 4 is 11.9 Å². The first kappa shape index (κ1) is 60.8. The molecule has 6 heteroatoms. The van der Waals surface area contributed by atoms with Crippen molar-refractivity contribution in [3.63, 3.8) is 0 Å². The standard InChI is InChI=1S/C57H105NO5/c1-4-7-10-13-16-19-22-25-27-28-30-31-33-36-39-42-45-48-53(63-57(62)50-47-44-41-38-35-32-29-26-23-20-17-14-11-8-5-2)51-56(61)58-54(52-59)55(60)49-46-43-40-37-34-24-21-18-15-12-9-6-3/h16-17,19-20,23,25-27,53-55,59-60H,4-15,18,21-22,24,28-52H2,1-3H3,(H,58,61)/b19-16-,20-17+,26-23+,27-25-. The van der Waals surface area contributed by atoms with Crippen LogP contribution in [0.3, 0.4) is 0 Å². The number of esters is 1. The van der Waals surface area contributed by atoms with E-state index in [1.54, 1.807) is 0 Å². The molecule has 0 bridgehead atoms. The third-order valence-corrected chi connectivity index (χ3v) is 12.4. The molecule has 1 amide bonds. The summed E-state index contributed by atoms with van der Waals surface area (Å²) in [7, 11) is 0. The van der Waals surface area contributed by atoms with Gasteiger partial charge in [-0.2, -0.15) is 0 Å². The first-order valence-corrected chi connectivity index (χ1v) is 27.4. The molecule has 3 atom stereocenters. The molecule has 6 nitrogen and oxygen atoms in total. The second kappa shape index (κ2) is 50.8. The van der Waals surface area contributed by atoms with Crippen molar-refractivity contribution < 1.29 is 24.5 Å². The van der Waals surface area contributed by atoms with Gasteiger partial charge < -0.3 is 20.3 Å². The molecular formula is C57H105NO5. The number of nitrogens with one attached hydrogen (secondary N) is 1. The summed E-state index contributed by atoms with van der Waals surface area (Å²) in [6.07, 6.45) is 61.6. The highest BCUT2D eigenvalue weighted by molar-refractivity contribution is 5.77. The summed E-state index contributed by atoms with van der Waals surface area (Å²) >= 11 is 0. The van der Waals surface area contributed by atoms with E-state index in [9.17, 15) is 19.8 Å². The summed E-state index contributed by atoms with van der Waals surface area (Å²) in [5, 5.41) is 23.8. The Morgan fingerprint density at radius 2 is 0.857 bits per heavy atom. The van der Waals surface area contributed by atoms with E-state index < -0.39 is 18.2 Å². The Bertz CT molecular complexity index is 1080. The zero-order valence-electron chi connectivity index (χ0n) is 42.0. The average Bonchev–Trinajstić information content (AvgIpc) is 3.28. The van der Waals surface area contributed by atoms with Crippen LogP contribution >= 0.6 is 0 Å². The molecule has 0 aliphatic carbocycles. The molecule has 0 aromatic carbocycles. The fourth-order valence-electron chi connectivity index (χ4n) is 8.22. The van der Waals surface area contributed by atoms with Crippen LogP contribution in [-0.4, -0.2) is 46.9 Å². The minimum atomic E-state index is -0.792. The highest BCUT2D eigenvalue weighted by Crippen LogP contribution is 2.18. The molecule has 0 aromatic heterocycles. The van der Waals surface area contributed by atoms with Crippen LogP contribution in [0.2, 0.25) is 0 Å². The molecule has 3 N–H and O–H groups in total. The molecule has 63 heavy (non-hydrogen) atoms. The molecule has 0 saturated carbocycles. The smallest absolute Gasteiger partial charge is 0.306 e. The van der Waals surface area contributed by atoms with Crippen LogP contribution in [0.15, 0.2) is 48.6 Å². The minimum Gasteiger partial charge on any atom is -0.462 e. The highest BCUT2D eigenvalue weighted by Gasteiger charge is 2.24. The van der Waals surface area contributed by atoms with Gasteiger partial charge >= 0.3 is 5.97 Å². The van der Waals surface area contributed by atoms with E-state index in [2.05, 4.69) is 74.7 Å².